The minimum absolute atomic E-state index is 0.0146. The summed E-state index contributed by atoms with van der Waals surface area (Å²) in [5.41, 5.74) is 0.943. The van der Waals surface area contributed by atoms with E-state index in [2.05, 4.69) is 30.6 Å². The van der Waals surface area contributed by atoms with Gasteiger partial charge in [0.1, 0.15) is 11.4 Å². The molecule has 0 radical (unpaired) electrons. The minimum Gasteiger partial charge on any atom is -0.374 e. The molecule has 8 heterocycles. The fourth-order valence-corrected chi connectivity index (χ4v) is 9.55. The molecule has 0 unspecified atom stereocenters. The molecule has 2 N–H and O–H groups in total. The predicted octanol–water partition coefficient (Wildman–Crippen LogP) is 5.55. The summed E-state index contributed by atoms with van der Waals surface area (Å²) < 4.78 is 37.3. The molecule has 60 heavy (non-hydrogen) atoms. The lowest BCUT2D eigenvalue weighted by Gasteiger charge is -2.33. The standard InChI is InChI=1S/C41H48ClF2N11O5/c42-31-5-4-26(19-33(31)52-17-11-35(56)48-41(52)59)40(58)51-15-6-25(7-16-51)3-1-2-12-50-13-8-27(9-14-50)55-23-32(36(49-55)37(43)44)46-39(57)30-21-45-54-18-10-34(47-38(30)54)53-22-29-20-28(53)24-60-29/h4-5,10,18-19,21,23,25,27-29,37H,1-3,6-9,11-17,20,22,24H2,(H,46,57)(H,48,56,59)/t28-,29-/m1/s1. The van der Waals surface area contributed by atoms with Crippen LogP contribution in [-0.2, 0) is 9.53 Å². The van der Waals surface area contributed by atoms with Crippen molar-refractivity contribution in [3.8, 4) is 0 Å². The molecule has 5 aliphatic heterocycles. The SMILES string of the molecule is O=C1CCN(c2cc(C(=O)N3CCC(CCCCN4CCC(n5cc(NC(=O)c6cnn7ccc(N8C[C@H]9C[C@@H]8CO9)nc67)c(C(F)F)n5)CC4)CC3)ccc2Cl)C(=O)N1. The third-order valence-electron chi connectivity index (χ3n) is 12.7. The summed E-state index contributed by atoms with van der Waals surface area (Å²) >= 11 is 6.38. The Morgan fingerprint density at radius 1 is 1.02 bits per heavy atom. The molecular formula is C41H48ClF2N11O5. The number of likely N-dealkylation sites (tertiary alicyclic amines) is 2. The van der Waals surface area contributed by atoms with Crippen molar-refractivity contribution in [3.05, 3.63) is 64.7 Å². The van der Waals surface area contributed by atoms with Crippen LogP contribution in [0.25, 0.3) is 5.65 Å². The van der Waals surface area contributed by atoms with E-state index in [1.54, 1.807) is 29.1 Å². The molecular weight excluding hydrogens is 800 g/mol. The van der Waals surface area contributed by atoms with Crippen LogP contribution in [0.4, 0.5) is 30.8 Å². The smallest absolute Gasteiger partial charge is 0.328 e. The number of nitrogens with one attached hydrogen (secondary N) is 2. The van der Waals surface area contributed by atoms with Crippen LogP contribution in [0.1, 0.15) is 96.7 Å². The van der Waals surface area contributed by atoms with E-state index in [1.165, 1.54) is 21.8 Å². The van der Waals surface area contributed by atoms with Gasteiger partial charge in [-0.05, 0) is 75.3 Å². The van der Waals surface area contributed by atoms with Crippen LogP contribution in [-0.4, -0.2) is 122 Å². The maximum Gasteiger partial charge on any atom is 0.328 e. The number of imide groups is 1. The maximum absolute atomic E-state index is 14.2. The second-order valence-electron chi connectivity index (χ2n) is 16.5. The number of carbonyl (C=O) groups is 4. The van der Waals surface area contributed by atoms with Gasteiger partial charge in [0, 0.05) is 63.6 Å². The Bertz CT molecular complexity index is 2270. The van der Waals surface area contributed by atoms with Crippen LogP contribution >= 0.6 is 11.6 Å². The highest BCUT2D eigenvalue weighted by Gasteiger charge is 2.40. The second kappa shape index (κ2) is 17.0. The van der Waals surface area contributed by atoms with Crippen molar-refractivity contribution in [2.45, 2.75) is 82.4 Å². The lowest BCUT2D eigenvalue weighted by atomic mass is 9.91. The number of ether oxygens (including phenoxy) is 1. The van der Waals surface area contributed by atoms with Crippen molar-refractivity contribution in [2.75, 3.05) is 67.5 Å². The number of nitrogens with zero attached hydrogens (tertiary/aromatic N) is 9. The summed E-state index contributed by atoms with van der Waals surface area (Å²) in [4.78, 5) is 63.5. The third kappa shape index (κ3) is 8.28. The quantitative estimate of drug-likeness (QED) is 0.173. The average molecular weight is 848 g/mol. The number of anilines is 3. The number of unbranched alkanes of at least 4 members (excludes halogenated alkanes) is 1. The molecule has 5 amide bonds. The van der Waals surface area contributed by atoms with Gasteiger partial charge in [0.05, 0.1) is 47.4 Å². The van der Waals surface area contributed by atoms with Gasteiger partial charge in [-0.25, -0.2) is 23.1 Å². The van der Waals surface area contributed by atoms with Gasteiger partial charge in [0.15, 0.2) is 11.3 Å². The van der Waals surface area contributed by atoms with Gasteiger partial charge in [-0.15, -0.1) is 0 Å². The summed E-state index contributed by atoms with van der Waals surface area (Å²) in [7, 11) is 0. The Morgan fingerprint density at radius 3 is 2.57 bits per heavy atom. The third-order valence-corrected chi connectivity index (χ3v) is 13.0. The van der Waals surface area contributed by atoms with E-state index in [9.17, 15) is 28.0 Å². The molecule has 0 spiro atoms. The number of amides is 5. The van der Waals surface area contributed by atoms with E-state index >= 15 is 0 Å². The molecule has 0 saturated carbocycles. The zero-order valence-electron chi connectivity index (χ0n) is 33.1. The number of benzene rings is 1. The van der Waals surface area contributed by atoms with Crippen molar-refractivity contribution in [3.63, 3.8) is 0 Å². The van der Waals surface area contributed by atoms with Crippen LogP contribution < -0.4 is 20.4 Å². The average Bonchev–Trinajstić information content (AvgIpc) is 4.08. The van der Waals surface area contributed by atoms with Gasteiger partial charge < -0.3 is 24.8 Å². The number of piperidine rings is 2. The van der Waals surface area contributed by atoms with Crippen LogP contribution in [0.2, 0.25) is 5.02 Å². The zero-order valence-corrected chi connectivity index (χ0v) is 33.9. The number of morpholine rings is 1. The first kappa shape index (κ1) is 40.2. The van der Waals surface area contributed by atoms with E-state index in [-0.39, 0.29) is 54.2 Å². The summed E-state index contributed by atoms with van der Waals surface area (Å²) in [6.45, 7) is 5.51. The fourth-order valence-electron chi connectivity index (χ4n) is 9.33. The number of rotatable bonds is 12. The number of fused-ring (bicyclic) bond motifs is 3. The van der Waals surface area contributed by atoms with Crippen LogP contribution in [0, 0.1) is 5.92 Å². The van der Waals surface area contributed by atoms with Crippen molar-refractivity contribution < 1.29 is 32.7 Å². The summed E-state index contributed by atoms with van der Waals surface area (Å²) in [6.07, 6.45) is 9.69. The topological polar surface area (TPSA) is 163 Å². The number of carbonyl (C=O) groups excluding carboxylic acids is 4. The highest BCUT2D eigenvalue weighted by Crippen LogP contribution is 2.34. The number of halogens is 3. The lowest BCUT2D eigenvalue weighted by molar-refractivity contribution is -0.120. The van der Waals surface area contributed by atoms with Crippen LogP contribution in [0.5, 0.6) is 0 Å². The normalized spacial score (nSPS) is 21.8. The molecule has 1 aromatic carbocycles. The molecule has 3 aromatic heterocycles. The molecule has 5 fully saturated rings. The lowest BCUT2D eigenvalue weighted by Crippen LogP contribution is -2.49. The Labute approximate surface area is 350 Å². The molecule has 5 aliphatic rings. The van der Waals surface area contributed by atoms with Crippen LogP contribution in [0.15, 0.2) is 42.9 Å². The van der Waals surface area contributed by atoms with Crippen molar-refractivity contribution in [2.24, 2.45) is 5.92 Å². The molecule has 2 bridgehead atoms. The number of hydrogen-bond acceptors (Lipinski definition) is 10. The van der Waals surface area contributed by atoms with Crippen LogP contribution in [0.3, 0.4) is 0 Å². The Morgan fingerprint density at radius 2 is 1.83 bits per heavy atom. The molecule has 318 valence electrons. The van der Waals surface area contributed by atoms with Gasteiger partial charge in [0.2, 0.25) is 5.91 Å². The maximum atomic E-state index is 14.2. The van der Waals surface area contributed by atoms with Gasteiger partial charge in [-0.1, -0.05) is 24.4 Å². The van der Waals surface area contributed by atoms with Gasteiger partial charge in [-0.3, -0.25) is 29.3 Å². The highest BCUT2D eigenvalue weighted by molar-refractivity contribution is 6.34. The molecule has 2 atom stereocenters. The predicted molar refractivity (Wildman–Crippen MR) is 218 cm³/mol. The Hall–Kier alpha value is -5.20. The first-order chi connectivity index (χ1) is 29.1. The summed E-state index contributed by atoms with van der Waals surface area (Å²) in [5, 5.41) is 13.8. The second-order valence-corrected chi connectivity index (χ2v) is 16.9. The minimum atomic E-state index is -2.86. The van der Waals surface area contributed by atoms with E-state index in [1.807, 2.05) is 11.0 Å². The molecule has 0 aliphatic carbocycles. The molecule has 19 heteroatoms. The number of alkyl halides is 2. The first-order valence-electron chi connectivity index (χ1n) is 20.9. The van der Waals surface area contributed by atoms with E-state index in [0.29, 0.717) is 47.5 Å². The van der Waals surface area contributed by atoms with Crippen molar-refractivity contribution in [1.29, 1.82) is 0 Å². The molecule has 9 rings (SSSR count). The summed E-state index contributed by atoms with van der Waals surface area (Å²) in [5.74, 6) is 0.259. The Balaban J connectivity index is 0.720. The van der Waals surface area contributed by atoms with Crippen molar-refractivity contribution >= 4 is 58.2 Å². The van der Waals surface area contributed by atoms with Gasteiger partial charge >= 0.3 is 6.03 Å². The van der Waals surface area contributed by atoms with E-state index < -0.39 is 24.1 Å². The number of hydrogen-bond donors (Lipinski definition) is 2. The van der Waals surface area contributed by atoms with E-state index in [4.69, 9.17) is 21.3 Å². The zero-order chi connectivity index (χ0) is 41.5. The van der Waals surface area contributed by atoms with Gasteiger partial charge in [-0.2, -0.15) is 10.2 Å². The molecule has 16 nitrogen and oxygen atoms in total. The molecule has 4 aromatic rings. The number of aromatic nitrogens is 5. The largest absolute Gasteiger partial charge is 0.374 e. The highest BCUT2D eigenvalue weighted by atomic mass is 35.5. The first-order valence-corrected chi connectivity index (χ1v) is 21.3. The monoisotopic (exact) mass is 847 g/mol. The summed E-state index contributed by atoms with van der Waals surface area (Å²) in [6, 6.07) is 6.42. The fraction of sp³-hybridized carbons (Fsp3) is 0.537. The molecule has 5 saturated heterocycles. The van der Waals surface area contributed by atoms with Crippen molar-refractivity contribution in [1.82, 2.24) is 39.5 Å². The van der Waals surface area contributed by atoms with E-state index in [0.717, 1.165) is 83.4 Å². The number of urea groups is 1. The Kier molecular flexibility index (Phi) is 11.4. The van der Waals surface area contributed by atoms with Gasteiger partial charge in [0.25, 0.3) is 18.2 Å².